The zero-order chi connectivity index (χ0) is 18.5. The highest BCUT2D eigenvalue weighted by molar-refractivity contribution is 6.05. The van der Waals surface area contributed by atoms with Crippen LogP contribution in [-0.4, -0.2) is 15.9 Å². The molecule has 0 fully saturated rings. The van der Waals surface area contributed by atoms with Gasteiger partial charge >= 0.3 is 0 Å². The lowest BCUT2D eigenvalue weighted by molar-refractivity contribution is 0.102. The third-order valence-corrected chi connectivity index (χ3v) is 4.09. The van der Waals surface area contributed by atoms with Gasteiger partial charge in [0.05, 0.1) is 5.52 Å². The number of pyridine rings is 2. The second-order valence-corrected chi connectivity index (χ2v) is 6.04. The molecule has 132 valence electrons. The highest BCUT2D eigenvalue weighted by atomic mass is 16.5. The summed E-state index contributed by atoms with van der Waals surface area (Å²) >= 11 is 0. The van der Waals surface area contributed by atoms with Crippen molar-refractivity contribution in [2.45, 2.75) is 6.61 Å². The van der Waals surface area contributed by atoms with E-state index in [0.29, 0.717) is 17.9 Å². The van der Waals surface area contributed by atoms with Gasteiger partial charge in [0.2, 0.25) is 0 Å². The van der Waals surface area contributed by atoms with Crippen molar-refractivity contribution in [3.8, 4) is 5.75 Å². The summed E-state index contributed by atoms with van der Waals surface area (Å²) < 4.78 is 5.76. The maximum Gasteiger partial charge on any atom is 0.255 e. The van der Waals surface area contributed by atoms with E-state index in [1.165, 1.54) is 0 Å². The van der Waals surface area contributed by atoms with Gasteiger partial charge in [0, 0.05) is 40.8 Å². The topological polar surface area (TPSA) is 64.1 Å². The summed E-state index contributed by atoms with van der Waals surface area (Å²) in [7, 11) is 0. The van der Waals surface area contributed by atoms with E-state index >= 15 is 0 Å². The van der Waals surface area contributed by atoms with E-state index in [4.69, 9.17) is 4.74 Å². The van der Waals surface area contributed by atoms with Crippen LogP contribution in [0.4, 0.5) is 5.69 Å². The lowest BCUT2D eigenvalue weighted by Crippen LogP contribution is -2.12. The number of aromatic nitrogens is 2. The van der Waals surface area contributed by atoms with Crippen molar-refractivity contribution >= 4 is 22.5 Å². The Morgan fingerprint density at radius 1 is 0.963 bits per heavy atom. The summed E-state index contributed by atoms with van der Waals surface area (Å²) in [5, 5.41) is 3.89. The summed E-state index contributed by atoms with van der Waals surface area (Å²) in [4.78, 5) is 20.9. The molecule has 0 aliphatic rings. The third-order valence-electron chi connectivity index (χ3n) is 4.09. The number of benzene rings is 2. The van der Waals surface area contributed by atoms with Gasteiger partial charge in [-0.3, -0.25) is 14.8 Å². The maximum absolute atomic E-state index is 12.6. The molecule has 1 amide bonds. The molecule has 0 spiro atoms. The highest BCUT2D eigenvalue weighted by Crippen LogP contribution is 2.19. The number of carbonyl (C=O) groups excluding carboxylic acids is 1. The van der Waals surface area contributed by atoms with Gasteiger partial charge in [0.15, 0.2) is 0 Å². The van der Waals surface area contributed by atoms with E-state index in [1.807, 2.05) is 48.5 Å². The van der Waals surface area contributed by atoms with Crippen LogP contribution < -0.4 is 10.1 Å². The minimum Gasteiger partial charge on any atom is -0.489 e. The van der Waals surface area contributed by atoms with Crippen molar-refractivity contribution in [1.29, 1.82) is 0 Å². The molecule has 4 aromatic rings. The number of rotatable bonds is 5. The molecule has 2 aromatic carbocycles. The molecule has 27 heavy (non-hydrogen) atoms. The molecule has 0 aliphatic heterocycles. The van der Waals surface area contributed by atoms with Gasteiger partial charge in [0.25, 0.3) is 5.91 Å². The van der Waals surface area contributed by atoms with Gasteiger partial charge < -0.3 is 10.1 Å². The Morgan fingerprint density at radius 2 is 1.89 bits per heavy atom. The normalized spacial score (nSPS) is 10.5. The summed E-state index contributed by atoms with van der Waals surface area (Å²) in [6, 6.07) is 20.4. The number of hydrogen-bond acceptors (Lipinski definition) is 4. The van der Waals surface area contributed by atoms with Crippen LogP contribution in [0.2, 0.25) is 0 Å². The van der Waals surface area contributed by atoms with E-state index in [0.717, 1.165) is 22.2 Å². The number of anilines is 1. The predicted octanol–water partition coefficient (Wildman–Crippen LogP) is 4.46. The van der Waals surface area contributed by atoms with E-state index < -0.39 is 0 Å². The summed E-state index contributed by atoms with van der Waals surface area (Å²) in [6.45, 7) is 0.399. The smallest absolute Gasteiger partial charge is 0.255 e. The maximum atomic E-state index is 12.6. The van der Waals surface area contributed by atoms with E-state index in [1.54, 1.807) is 36.8 Å². The predicted molar refractivity (Wildman–Crippen MR) is 105 cm³/mol. The van der Waals surface area contributed by atoms with Crippen molar-refractivity contribution in [2.24, 2.45) is 0 Å². The fourth-order valence-electron chi connectivity index (χ4n) is 2.73. The molecule has 0 radical (unpaired) electrons. The number of ether oxygens (including phenoxy) is 1. The number of nitrogens with one attached hydrogen (secondary N) is 1. The Labute approximate surface area is 156 Å². The summed E-state index contributed by atoms with van der Waals surface area (Å²) in [6.07, 6.45) is 5.22. The van der Waals surface area contributed by atoms with Crippen molar-refractivity contribution in [3.63, 3.8) is 0 Å². The van der Waals surface area contributed by atoms with Crippen molar-refractivity contribution in [2.75, 3.05) is 5.32 Å². The average Bonchev–Trinajstić information content (AvgIpc) is 2.73. The first-order valence-corrected chi connectivity index (χ1v) is 8.56. The molecular weight excluding hydrogens is 338 g/mol. The van der Waals surface area contributed by atoms with Crippen LogP contribution in [-0.2, 0) is 6.61 Å². The monoisotopic (exact) mass is 355 g/mol. The van der Waals surface area contributed by atoms with Crippen molar-refractivity contribution in [3.05, 3.63) is 96.4 Å². The number of fused-ring (bicyclic) bond motifs is 1. The van der Waals surface area contributed by atoms with Gasteiger partial charge in [-0.2, -0.15) is 0 Å². The van der Waals surface area contributed by atoms with Gasteiger partial charge in [-0.15, -0.1) is 0 Å². The van der Waals surface area contributed by atoms with Crippen LogP contribution in [0.15, 0.2) is 85.3 Å². The van der Waals surface area contributed by atoms with Gasteiger partial charge in [-0.25, -0.2) is 0 Å². The quantitative estimate of drug-likeness (QED) is 0.574. The average molecular weight is 355 g/mol. The van der Waals surface area contributed by atoms with E-state index in [9.17, 15) is 4.79 Å². The molecule has 5 nitrogen and oxygen atoms in total. The number of amides is 1. The zero-order valence-corrected chi connectivity index (χ0v) is 14.5. The van der Waals surface area contributed by atoms with Crippen LogP contribution >= 0.6 is 0 Å². The highest BCUT2D eigenvalue weighted by Gasteiger charge is 2.08. The number of nitrogens with zero attached hydrogens (tertiary/aromatic N) is 2. The number of carbonyl (C=O) groups is 1. The molecular formula is C22H17N3O2. The Balaban J connectivity index is 1.46. The van der Waals surface area contributed by atoms with E-state index in [-0.39, 0.29) is 5.91 Å². The zero-order valence-electron chi connectivity index (χ0n) is 14.5. The lowest BCUT2D eigenvalue weighted by atomic mass is 10.1. The Hall–Kier alpha value is -3.73. The van der Waals surface area contributed by atoms with Crippen LogP contribution in [0.25, 0.3) is 10.9 Å². The van der Waals surface area contributed by atoms with Gasteiger partial charge in [-0.1, -0.05) is 18.2 Å². The first-order valence-electron chi connectivity index (χ1n) is 8.56. The molecule has 0 aliphatic carbocycles. The third kappa shape index (κ3) is 4.10. The lowest BCUT2D eigenvalue weighted by Gasteiger charge is -2.09. The minimum absolute atomic E-state index is 0.190. The molecule has 0 saturated heterocycles. The molecule has 5 heteroatoms. The molecule has 0 atom stereocenters. The fraction of sp³-hybridized carbons (Fsp3) is 0.0455. The fourth-order valence-corrected chi connectivity index (χ4v) is 2.73. The first kappa shape index (κ1) is 16.7. The van der Waals surface area contributed by atoms with Crippen LogP contribution in [0.5, 0.6) is 5.75 Å². The summed E-state index contributed by atoms with van der Waals surface area (Å²) in [5.74, 6) is 0.444. The summed E-state index contributed by atoms with van der Waals surface area (Å²) in [5.41, 5.74) is 3.12. The molecule has 0 saturated carbocycles. The SMILES string of the molecule is O=C(Nc1ccc2ncccc2c1)c1cccc(OCc2cccnc2)c1. The molecule has 2 aromatic heterocycles. The van der Waals surface area contributed by atoms with Crippen molar-refractivity contribution in [1.82, 2.24) is 9.97 Å². The minimum atomic E-state index is -0.190. The van der Waals surface area contributed by atoms with E-state index in [2.05, 4.69) is 15.3 Å². The van der Waals surface area contributed by atoms with Gasteiger partial charge in [-0.05, 0) is 48.5 Å². The first-order chi connectivity index (χ1) is 13.3. The Morgan fingerprint density at radius 3 is 2.78 bits per heavy atom. The second-order valence-electron chi connectivity index (χ2n) is 6.04. The largest absolute Gasteiger partial charge is 0.489 e. The molecule has 2 heterocycles. The van der Waals surface area contributed by atoms with Crippen LogP contribution in [0, 0.1) is 0 Å². The molecule has 4 rings (SSSR count). The van der Waals surface area contributed by atoms with Gasteiger partial charge in [0.1, 0.15) is 12.4 Å². The standard InChI is InChI=1S/C22H17N3O2/c26-22(25-19-8-9-21-17(12-19)6-3-11-24-21)18-5-1-7-20(13-18)27-15-16-4-2-10-23-14-16/h1-14H,15H2,(H,25,26). The Bertz CT molecular complexity index is 1080. The Kier molecular flexibility index (Phi) is 4.74. The molecule has 0 bridgehead atoms. The number of hydrogen-bond donors (Lipinski definition) is 1. The molecule has 0 unspecified atom stereocenters. The van der Waals surface area contributed by atoms with Crippen LogP contribution in [0.3, 0.4) is 0 Å². The van der Waals surface area contributed by atoms with Crippen molar-refractivity contribution < 1.29 is 9.53 Å². The molecule has 1 N–H and O–H groups in total. The van der Waals surface area contributed by atoms with Crippen LogP contribution in [0.1, 0.15) is 15.9 Å². The second kappa shape index (κ2) is 7.66.